The molecule has 4 aliphatic rings. The van der Waals surface area contributed by atoms with Crippen molar-refractivity contribution in [1.82, 2.24) is 9.80 Å². The van der Waals surface area contributed by atoms with Crippen LogP contribution in [0.3, 0.4) is 0 Å². The number of fused-ring (bicyclic) bond motifs is 1. The predicted octanol–water partition coefficient (Wildman–Crippen LogP) is 4.03. The maximum atomic E-state index is 13.5. The lowest BCUT2D eigenvalue weighted by molar-refractivity contribution is -0.137. The van der Waals surface area contributed by atoms with E-state index in [-0.39, 0.29) is 29.7 Å². The average Bonchev–Trinajstić information content (AvgIpc) is 3.73. The second-order valence-corrected chi connectivity index (χ2v) is 10.6. The van der Waals surface area contributed by atoms with Gasteiger partial charge in [0.25, 0.3) is 11.8 Å². The van der Waals surface area contributed by atoms with Crippen LogP contribution in [0.5, 0.6) is 0 Å². The Hall–Kier alpha value is -3.56. The molecular weight excluding hydrogens is 497 g/mol. The van der Waals surface area contributed by atoms with Crippen LogP contribution in [0.2, 0.25) is 0 Å². The minimum atomic E-state index is -4.40. The number of piperazine rings is 1. The highest BCUT2D eigenvalue weighted by Gasteiger charge is 2.46. The van der Waals surface area contributed by atoms with Gasteiger partial charge in [0.15, 0.2) is 0 Å². The van der Waals surface area contributed by atoms with Crippen molar-refractivity contribution in [2.75, 3.05) is 49.1 Å². The lowest BCUT2D eigenvalue weighted by atomic mass is 9.94. The summed E-state index contributed by atoms with van der Waals surface area (Å²) in [6.07, 6.45) is -1.17. The Morgan fingerprint density at radius 3 is 2.29 bits per heavy atom. The van der Waals surface area contributed by atoms with Gasteiger partial charge in [0.1, 0.15) is 0 Å². The molecule has 3 aliphatic heterocycles. The number of anilines is 2. The fourth-order valence-electron chi connectivity index (χ4n) is 5.93. The lowest BCUT2D eigenvalue weighted by Crippen LogP contribution is -2.52. The smallest absolute Gasteiger partial charge is 0.370 e. The van der Waals surface area contributed by atoms with E-state index in [4.69, 9.17) is 0 Å². The van der Waals surface area contributed by atoms with E-state index in [1.54, 1.807) is 23.1 Å². The van der Waals surface area contributed by atoms with Gasteiger partial charge in [-0.05, 0) is 56.0 Å². The van der Waals surface area contributed by atoms with Crippen LogP contribution in [0.4, 0.5) is 24.5 Å². The molecule has 2 aromatic rings. The second kappa shape index (κ2) is 9.32. The molecule has 0 unspecified atom stereocenters. The molecule has 3 fully saturated rings. The molecule has 200 valence electrons. The maximum Gasteiger partial charge on any atom is 0.416 e. The molecule has 0 bridgehead atoms. The number of rotatable bonds is 4. The summed E-state index contributed by atoms with van der Waals surface area (Å²) in [7, 11) is 0. The molecule has 38 heavy (non-hydrogen) atoms. The van der Waals surface area contributed by atoms with Gasteiger partial charge in [0.2, 0.25) is 5.91 Å². The molecule has 10 heteroatoms. The van der Waals surface area contributed by atoms with Crippen molar-refractivity contribution < 1.29 is 27.6 Å². The summed E-state index contributed by atoms with van der Waals surface area (Å²) in [5, 5.41) is 0. The molecule has 1 saturated carbocycles. The van der Waals surface area contributed by atoms with E-state index in [0.717, 1.165) is 43.5 Å². The number of hydrogen-bond acceptors (Lipinski definition) is 5. The van der Waals surface area contributed by atoms with E-state index in [9.17, 15) is 27.6 Å². The number of carbonyl (C=O) groups excluding carboxylic acids is 3. The normalized spacial score (nSPS) is 22.2. The fraction of sp³-hybridized carbons (Fsp3) is 0.464. The number of alkyl halides is 3. The van der Waals surface area contributed by atoms with Gasteiger partial charge in [-0.25, -0.2) is 0 Å². The van der Waals surface area contributed by atoms with Crippen LogP contribution in [-0.4, -0.2) is 72.8 Å². The standard InChI is InChI=1S/C28H29F3N4O3/c29-28(30,31)19-5-1-6-21(16-19)32-12-14-33(15-13-32)25(36)18-4-3-11-34(17-18)23-8-2-7-22-24(23)27(38)35(26(22)37)20-9-10-20/h1-2,5-8,16,18,20H,3-4,9-15,17H2/t18-/m1/s1. The highest BCUT2D eigenvalue weighted by molar-refractivity contribution is 6.24. The molecule has 1 atom stereocenters. The Kier molecular flexibility index (Phi) is 6.07. The molecule has 6 rings (SSSR count). The van der Waals surface area contributed by atoms with Crippen LogP contribution >= 0.6 is 0 Å². The summed E-state index contributed by atoms with van der Waals surface area (Å²) in [4.78, 5) is 46.6. The summed E-state index contributed by atoms with van der Waals surface area (Å²) in [5.74, 6) is -0.667. The molecular formula is C28H29F3N4O3. The van der Waals surface area contributed by atoms with Crippen molar-refractivity contribution >= 4 is 29.1 Å². The van der Waals surface area contributed by atoms with Gasteiger partial charge in [0, 0.05) is 51.0 Å². The van der Waals surface area contributed by atoms with Crippen molar-refractivity contribution in [2.45, 2.75) is 37.9 Å². The third kappa shape index (κ3) is 4.39. The number of nitrogens with zero attached hydrogens (tertiary/aromatic N) is 4. The summed E-state index contributed by atoms with van der Waals surface area (Å²) in [5.41, 5.74) is 1.44. The van der Waals surface area contributed by atoms with E-state index in [0.29, 0.717) is 56.1 Å². The predicted molar refractivity (Wildman–Crippen MR) is 135 cm³/mol. The van der Waals surface area contributed by atoms with Crippen LogP contribution in [0, 0.1) is 5.92 Å². The van der Waals surface area contributed by atoms with E-state index >= 15 is 0 Å². The zero-order valence-corrected chi connectivity index (χ0v) is 20.9. The molecule has 7 nitrogen and oxygen atoms in total. The highest BCUT2D eigenvalue weighted by atomic mass is 19.4. The Bertz CT molecular complexity index is 1280. The van der Waals surface area contributed by atoms with E-state index in [1.807, 2.05) is 11.0 Å². The number of carbonyl (C=O) groups is 3. The first-order valence-electron chi connectivity index (χ1n) is 13.2. The number of piperidine rings is 1. The molecule has 0 N–H and O–H groups in total. The maximum absolute atomic E-state index is 13.5. The molecule has 0 spiro atoms. The monoisotopic (exact) mass is 526 g/mol. The third-order valence-electron chi connectivity index (χ3n) is 8.08. The second-order valence-electron chi connectivity index (χ2n) is 10.6. The number of amides is 3. The van der Waals surface area contributed by atoms with Crippen molar-refractivity contribution in [3.8, 4) is 0 Å². The molecule has 0 radical (unpaired) electrons. The van der Waals surface area contributed by atoms with Crippen LogP contribution in [0.25, 0.3) is 0 Å². The zero-order valence-electron chi connectivity index (χ0n) is 20.9. The summed E-state index contributed by atoms with van der Waals surface area (Å²) in [6.45, 7) is 2.97. The number of imide groups is 1. The lowest BCUT2D eigenvalue weighted by Gasteiger charge is -2.40. The summed E-state index contributed by atoms with van der Waals surface area (Å²) in [6, 6.07) is 10.7. The number of benzene rings is 2. The minimum absolute atomic E-state index is 0.000497. The van der Waals surface area contributed by atoms with Crippen LogP contribution in [0.1, 0.15) is 52.0 Å². The van der Waals surface area contributed by atoms with Crippen molar-refractivity contribution in [1.29, 1.82) is 0 Å². The molecule has 0 aromatic heterocycles. The Balaban J connectivity index is 1.12. The van der Waals surface area contributed by atoms with Crippen molar-refractivity contribution in [2.24, 2.45) is 5.92 Å². The van der Waals surface area contributed by atoms with Gasteiger partial charge in [-0.3, -0.25) is 19.3 Å². The van der Waals surface area contributed by atoms with Crippen LogP contribution in [0.15, 0.2) is 42.5 Å². The van der Waals surface area contributed by atoms with E-state index in [2.05, 4.69) is 4.90 Å². The zero-order chi connectivity index (χ0) is 26.6. The topological polar surface area (TPSA) is 64.2 Å². The Morgan fingerprint density at radius 1 is 0.842 bits per heavy atom. The largest absolute Gasteiger partial charge is 0.416 e. The minimum Gasteiger partial charge on any atom is -0.370 e. The first-order valence-corrected chi connectivity index (χ1v) is 13.2. The van der Waals surface area contributed by atoms with Crippen molar-refractivity contribution in [3.63, 3.8) is 0 Å². The number of halogens is 3. The molecule has 1 aliphatic carbocycles. The van der Waals surface area contributed by atoms with Gasteiger partial charge in [0.05, 0.1) is 28.3 Å². The van der Waals surface area contributed by atoms with Crippen molar-refractivity contribution in [3.05, 3.63) is 59.2 Å². The Morgan fingerprint density at radius 2 is 1.58 bits per heavy atom. The van der Waals surface area contributed by atoms with Gasteiger partial charge in [-0.2, -0.15) is 13.2 Å². The first-order chi connectivity index (χ1) is 18.2. The summed E-state index contributed by atoms with van der Waals surface area (Å²) >= 11 is 0. The van der Waals surface area contributed by atoms with Gasteiger partial charge < -0.3 is 14.7 Å². The fourth-order valence-corrected chi connectivity index (χ4v) is 5.93. The highest BCUT2D eigenvalue weighted by Crippen LogP contribution is 2.39. The quantitative estimate of drug-likeness (QED) is 0.563. The Labute approximate surface area is 218 Å². The van der Waals surface area contributed by atoms with Crippen LogP contribution < -0.4 is 9.80 Å². The molecule has 3 heterocycles. The summed E-state index contributed by atoms with van der Waals surface area (Å²) < 4.78 is 39.4. The van der Waals surface area contributed by atoms with Gasteiger partial charge in [-0.1, -0.05) is 12.1 Å². The van der Waals surface area contributed by atoms with E-state index in [1.165, 1.54) is 11.0 Å². The van der Waals surface area contributed by atoms with Gasteiger partial charge in [-0.15, -0.1) is 0 Å². The number of hydrogen-bond donors (Lipinski definition) is 0. The van der Waals surface area contributed by atoms with Gasteiger partial charge >= 0.3 is 6.18 Å². The first kappa shape index (κ1) is 24.8. The molecule has 2 aromatic carbocycles. The third-order valence-corrected chi connectivity index (χ3v) is 8.08. The molecule has 2 saturated heterocycles. The SMILES string of the molecule is O=C([C@@H]1CCCN(c2cccc3c2C(=O)N(C2CC2)C3=O)C1)N1CCN(c2cccc(C(F)(F)F)c2)CC1. The van der Waals surface area contributed by atoms with E-state index < -0.39 is 11.7 Å². The molecule has 3 amide bonds. The average molecular weight is 527 g/mol. The van der Waals surface area contributed by atoms with Crippen LogP contribution in [-0.2, 0) is 11.0 Å².